The van der Waals surface area contributed by atoms with E-state index in [0.717, 1.165) is 28.1 Å². The van der Waals surface area contributed by atoms with Gasteiger partial charge in [-0.25, -0.2) is 9.97 Å². The Hall–Kier alpha value is -2.23. The number of aromatic amines is 1. The van der Waals surface area contributed by atoms with Crippen LogP contribution in [-0.4, -0.2) is 20.2 Å². The van der Waals surface area contributed by atoms with Gasteiger partial charge < -0.3 is 0 Å². The highest BCUT2D eigenvalue weighted by Gasteiger charge is 2.04. The molecule has 0 aliphatic carbocycles. The minimum absolute atomic E-state index is 0.751. The molecular formula is C12H10N4. The molecule has 1 N–H and O–H groups in total. The lowest BCUT2D eigenvalue weighted by atomic mass is 10.2. The summed E-state index contributed by atoms with van der Waals surface area (Å²) in [5.74, 6) is 0. The number of H-pyrrole nitrogens is 1. The summed E-state index contributed by atoms with van der Waals surface area (Å²) in [5.41, 5.74) is 3.47. The van der Waals surface area contributed by atoms with Crippen molar-refractivity contribution in [3.63, 3.8) is 0 Å². The van der Waals surface area contributed by atoms with Crippen molar-refractivity contribution in [3.05, 3.63) is 42.2 Å². The van der Waals surface area contributed by atoms with Crippen molar-refractivity contribution >= 4 is 11.0 Å². The van der Waals surface area contributed by atoms with E-state index in [0.29, 0.717) is 0 Å². The average Bonchev–Trinajstić information content (AvgIpc) is 2.75. The maximum Gasteiger partial charge on any atom is 0.159 e. The first-order valence-corrected chi connectivity index (χ1v) is 5.07. The van der Waals surface area contributed by atoms with E-state index in [1.54, 1.807) is 6.20 Å². The predicted molar refractivity (Wildman–Crippen MR) is 61.9 cm³/mol. The molecule has 0 aliphatic heterocycles. The number of hydrogen-bond donors (Lipinski definition) is 1. The number of aromatic nitrogens is 4. The van der Waals surface area contributed by atoms with Crippen molar-refractivity contribution in [3.8, 4) is 11.4 Å². The van der Waals surface area contributed by atoms with Crippen molar-refractivity contribution in [2.24, 2.45) is 0 Å². The molecule has 0 amide bonds. The van der Waals surface area contributed by atoms with E-state index in [-0.39, 0.29) is 0 Å². The van der Waals surface area contributed by atoms with Gasteiger partial charge in [0.1, 0.15) is 5.69 Å². The molecule has 0 fully saturated rings. The van der Waals surface area contributed by atoms with E-state index in [2.05, 4.69) is 20.2 Å². The van der Waals surface area contributed by atoms with Gasteiger partial charge in [0.2, 0.25) is 0 Å². The van der Waals surface area contributed by atoms with Gasteiger partial charge in [-0.3, -0.25) is 5.10 Å². The van der Waals surface area contributed by atoms with Crippen molar-refractivity contribution in [1.29, 1.82) is 0 Å². The quantitative estimate of drug-likeness (QED) is 0.670. The van der Waals surface area contributed by atoms with Crippen LogP contribution in [0.5, 0.6) is 0 Å². The molecule has 0 aromatic carbocycles. The first kappa shape index (κ1) is 9.03. The summed E-state index contributed by atoms with van der Waals surface area (Å²) in [6.45, 7) is 1.97. The van der Waals surface area contributed by atoms with Crippen LogP contribution in [0.2, 0.25) is 0 Å². The number of fused-ring (bicyclic) bond motifs is 1. The van der Waals surface area contributed by atoms with Crippen molar-refractivity contribution in [2.45, 2.75) is 6.92 Å². The van der Waals surface area contributed by atoms with E-state index in [4.69, 9.17) is 0 Å². The van der Waals surface area contributed by atoms with Crippen molar-refractivity contribution in [2.75, 3.05) is 0 Å². The highest BCUT2D eigenvalue weighted by Crippen LogP contribution is 2.18. The van der Waals surface area contributed by atoms with Crippen LogP contribution in [-0.2, 0) is 0 Å². The molecule has 0 atom stereocenters. The molecular weight excluding hydrogens is 200 g/mol. The van der Waals surface area contributed by atoms with Crippen molar-refractivity contribution in [1.82, 2.24) is 20.2 Å². The maximum absolute atomic E-state index is 4.47. The first-order chi connectivity index (χ1) is 7.83. The van der Waals surface area contributed by atoms with Gasteiger partial charge in [-0.15, -0.1) is 0 Å². The van der Waals surface area contributed by atoms with Gasteiger partial charge in [-0.2, -0.15) is 5.10 Å². The van der Waals surface area contributed by atoms with Gasteiger partial charge >= 0.3 is 0 Å². The molecule has 0 unspecified atom stereocenters. The predicted octanol–water partition coefficient (Wildman–Crippen LogP) is 2.33. The van der Waals surface area contributed by atoms with E-state index in [1.807, 2.05) is 37.3 Å². The third-order valence-electron chi connectivity index (χ3n) is 2.43. The number of pyridine rings is 2. The fourth-order valence-electron chi connectivity index (χ4n) is 1.64. The molecule has 3 aromatic heterocycles. The number of aryl methyl sites for hydroxylation is 1. The zero-order valence-electron chi connectivity index (χ0n) is 8.81. The second kappa shape index (κ2) is 3.41. The molecule has 4 heteroatoms. The van der Waals surface area contributed by atoms with Crippen LogP contribution in [0.15, 0.2) is 36.5 Å². The second-order valence-electron chi connectivity index (χ2n) is 3.68. The molecule has 0 saturated heterocycles. The largest absolute Gasteiger partial charge is 0.282 e. The van der Waals surface area contributed by atoms with Crippen molar-refractivity contribution < 1.29 is 0 Å². The third kappa shape index (κ3) is 1.44. The Kier molecular flexibility index (Phi) is 1.93. The third-order valence-corrected chi connectivity index (χ3v) is 2.43. The van der Waals surface area contributed by atoms with Crippen LogP contribution in [0.1, 0.15) is 5.69 Å². The molecule has 0 spiro atoms. The summed E-state index contributed by atoms with van der Waals surface area (Å²) in [6.07, 6.45) is 1.74. The highest BCUT2D eigenvalue weighted by molar-refractivity contribution is 5.77. The molecule has 4 nitrogen and oxygen atoms in total. The summed E-state index contributed by atoms with van der Waals surface area (Å²) < 4.78 is 0. The molecule has 3 heterocycles. The minimum atomic E-state index is 0.751. The molecule has 0 aliphatic rings. The maximum atomic E-state index is 4.47. The fourth-order valence-corrected chi connectivity index (χ4v) is 1.64. The zero-order valence-corrected chi connectivity index (χ0v) is 8.81. The Morgan fingerprint density at radius 2 is 2.06 bits per heavy atom. The summed E-state index contributed by atoms with van der Waals surface area (Å²) in [7, 11) is 0. The van der Waals surface area contributed by atoms with Gasteiger partial charge in [0, 0.05) is 17.3 Å². The van der Waals surface area contributed by atoms with Crippen LogP contribution in [0.25, 0.3) is 22.4 Å². The molecule has 3 rings (SSSR count). The number of nitrogens with zero attached hydrogens (tertiary/aromatic N) is 3. The van der Waals surface area contributed by atoms with Crippen LogP contribution in [0.4, 0.5) is 0 Å². The number of hydrogen-bond acceptors (Lipinski definition) is 3. The lowest BCUT2D eigenvalue weighted by molar-refractivity contribution is 1.05. The fraction of sp³-hybridized carbons (Fsp3) is 0.0833. The Morgan fingerprint density at radius 1 is 1.12 bits per heavy atom. The van der Waals surface area contributed by atoms with Gasteiger partial charge in [-0.1, -0.05) is 0 Å². The van der Waals surface area contributed by atoms with E-state index >= 15 is 0 Å². The summed E-state index contributed by atoms with van der Waals surface area (Å²) in [6, 6.07) is 9.84. The second-order valence-corrected chi connectivity index (χ2v) is 3.68. The topological polar surface area (TPSA) is 54.5 Å². The lowest BCUT2D eigenvalue weighted by Crippen LogP contribution is -1.87. The molecule has 3 aromatic rings. The Bertz CT molecular complexity index is 642. The zero-order chi connectivity index (χ0) is 11.0. The molecule has 16 heavy (non-hydrogen) atoms. The van der Waals surface area contributed by atoms with E-state index < -0.39 is 0 Å². The smallest absolute Gasteiger partial charge is 0.159 e. The normalized spacial score (nSPS) is 10.8. The number of nitrogens with one attached hydrogen (secondary N) is 1. The number of rotatable bonds is 1. The van der Waals surface area contributed by atoms with Crippen LogP contribution in [0.3, 0.4) is 0 Å². The molecule has 0 saturated carbocycles. The van der Waals surface area contributed by atoms with E-state index in [9.17, 15) is 0 Å². The van der Waals surface area contributed by atoms with Gasteiger partial charge in [0.05, 0.1) is 5.69 Å². The summed E-state index contributed by atoms with van der Waals surface area (Å²) in [5, 5.41) is 8.12. The van der Waals surface area contributed by atoms with Gasteiger partial charge in [-0.05, 0) is 37.3 Å². The van der Waals surface area contributed by atoms with Crippen LogP contribution >= 0.6 is 0 Å². The minimum Gasteiger partial charge on any atom is -0.282 e. The summed E-state index contributed by atoms with van der Waals surface area (Å²) in [4.78, 5) is 8.69. The average molecular weight is 210 g/mol. The Labute approximate surface area is 92.4 Å². The summed E-state index contributed by atoms with van der Waals surface area (Å²) >= 11 is 0. The molecule has 0 radical (unpaired) electrons. The van der Waals surface area contributed by atoms with Crippen LogP contribution in [0, 0.1) is 6.92 Å². The molecule has 0 bridgehead atoms. The SMILES string of the molecule is Cc1cc(-c2ccc3cccnc3n2)n[nH]1. The lowest BCUT2D eigenvalue weighted by Gasteiger charge is -1.98. The monoisotopic (exact) mass is 210 g/mol. The molecule has 78 valence electrons. The Balaban J connectivity index is 2.18. The first-order valence-electron chi connectivity index (χ1n) is 5.07. The van der Waals surface area contributed by atoms with Crippen LogP contribution < -0.4 is 0 Å². The highest BCUT2D eigenvalue weighted by atomic mass is 15.1. The van der Waals surface area contributed by atoms with E-state index in [1.165, 1.54) is 0 Å². The van der Waals surface area contributed by atoms with Gasteiger partial charge in [0.15, 0.2) is 5.65 Å². The standard InChI is InChI=1S/C12H10N4/c1-8-7-11(16-15-8)10-5-4-9-3-2-6-13-12(9)14-10/h2-7H,1H3,(H,15,16). The Morgan fingerprint density at radius 3 is 2.88 bits per heavy atom. The van der Waals surface area contributed by atoms with Gasteiger partial charge in [0.25, 0.3) is 0 Å².